The molecule has 1 aromatic carbocycles. The molecule has 2 aromatic rings. The Morgan fingerprint density at radius 3 is 2.54 bits per heavy atom. The minimum absolute atomic E-state index is 0.283. The largest absolute Gasteiger partial charge is 0.497 e. The summed E-state index contributed by atoms with van der Waals surface area (Å²) >= 11 is 0. The molecule has 0 N–H and O–H groups in total. The lowest BCUT2D eigenvalue weighted by Gasteiger charge is -2.39. The van der Waals surface area contributed by atoms with Crippen molar-refractivity contribution in [3.8, 4) is 17.1 Å². The van der Waals surface area contributed by atoms with Crippen molar-refractivity contribution in [3.05, 3.63) is 88.8 Å². The molecule has 4 rings (SSSR count). The summed E-state index contributed by atoms with van der Waals surface area (Å²) < 4.78 is 17.5. The SMILES string of the molecule is C=CCC1(c2nc(C3=CC=C(C(=O)N=[N+]=[N-])C=CC3)c(-c3ccc(OC)cc3)o2)CCN(C(=O)OC(C)(C)C)CC1. The summed E-state index contributed by atoms with van der Waals surface area (Å²) in [6, 6.07) is 7.55. The second kappa shape index (κ2) is 12.3. The smallest absolute Gasteiger partial charge is 0.410 e. The van der Waals surface area contributed by atoms with Crippen LogP contribution in [0.4, 0.5) is 4.79 Å². The fourth-order valence-electron chi connectivity index (χ4n) is 4.97. The lowest BCUT2D eigenvalue weighted by atomic mass is 9.75. The monoisotopic (exact) mass is 557 g/mol. The van der Waals surface area contributed by atoms with Crippen LogP contribution in [-0.4, -0.2) is 47.7 Å². The van der Waals surface area contributed by atoms with Gasteiger partial charge in [-0.15, -0.1) is 6.58 Å². The molecule has 1 aliphatic carbocycles. The third-order valence-corrected chi connectivity index (χ3v) is 7.13. The number of ether oxygens (including phenoxy) is 2. The molecule has 2 amide bonds. The van der Waals surface area contributed by atoms with Crippen LogP contribution >= 0.6 is 0 Å². The minimum Gasteiger partial charge on any atom is -0.497 e. The van der Waals surface area contributed by atoms with Crippen molar-refractivity contribution in [1.29, 1.82) is 0 Å². The first kappa shape index (κ1) is 29.4. The number of nitrogens with zero attached hydrogens (tertiary/aromatic N) is 5. The lowest BCUT2D eigenvalue weighted by Crippen LogP contribution is -2.46. The summed E-state index contributed by atoms with van der Waals surface area (Å²) in [6.45, 7) is 10.6. The fraction of sp³-hybridized carbons (Fsp3) is 0.387. The number of hydrogen-bond acceptors (Lipinski definition) is 6. The molecule has 10 nitrogen and oxygen atoms in total. The number of oxazole rings is 1. The molecule has 1 fully saturated rings. The van der Waals surface area contributed by atoms with Gasteiger partial charge in [-0.1, -0.05) is 30.4 Å². The highest BCUT2D eigenvalue weighted by Crippen LogP contribution is 2.43. The summed E-state index contributed by atoms with van der Waals surface area (Å²) in [7, 11) is 1.61. The van der Waals surface area contributed by atoms with Gasteiger partial charge in [0.25, 0.3) is 0 Å². The van der Waals surface area contributed by atoms with Crippen molar-refractivity contribution in [1.82, 2.24) is 9.88 Å². The normalized spacial score (nSPS) is 16.5. The van der Waals surface area contributed by atoms with Gasteiger partial charge in [0.15, 0.2) is 5.76 Å². The predicted molar refractivity (Wildman–Crippen MR) is 156 cm³/mol. The van der Waals surface area contributed by atoms with Crippen LogP contribution < -0.4 is 4.74 Å². The standard InChI is InChI=1S/C31H35N5O5/c1-6-16-31(17-19-36(20-18-31)29(38)41-30(2,3)4)28-33-25(26(40-28)22-12-14-24(39-5)15-13-22)21-8-7-9-23(11-10-21)27(37)34-35-32/h6-7,9-15H,1,8,16-20H2,2-5H3. The minimum atomic E-state index is -0.654. The highest BCUT2D eigenvalue weighted by molar-refractivity contribution is 5.98. The van der Waals surface area contributed by atoms with E-state index < -0.39 is 16.9 Å². The average Bonchev–Trinajstić information content (AvgIpc) is 3.25. The van der Waals surface area contributed by atoms with Crippen molar-refractivity contribution in [2.45, 2.75) is 57.5 Å². The van der Waals surface area contributed by atoms with Crippen LogP contribution in [0.3, 0.4) is 0 Å². The van der Waals surface area contributed by atoms with Crippen LogP contribution in [-0.2, 0) is 14.9 Å². The van der Waals surface area contributed by atoms with Gasteiger partial charge in [-0.2, -0.15) is 0 Å². The van der Waals surface area contributed by atoms with Gasteiger partial charge in [0.05, 0.1) is 12.5 Å². The van der Waals surface area contributed by atoms with E-state index >= 15 is 0 Å². The number of aromatic nitrogens is 1. The Labute approximate surface area is 239 Å². The molecule has 2 heterocycles. The molecule has 214 valence electrons. The van der Waals surface area contributed by atoms with Crippen LogP contribution in [0.1, 0.15) is 58.0 Å². The van der Waals surface area contributed by atoms with Crippen molar-refractivity contribution in [3.63, 3.8) is 0 Å². The fourth-order valence-corrected chi connectivity index (χ4v) is 4.97. The number of rotatable bonds is 7. The van der Waals surface area contributed by atoms with E-state index in [1.807, 2.05) is 57.2 Å². The molecule has 0 saturated carbocycles. The van der Waals surface area contributed by atoms with Crippen LogP contribution in [0.25, 0.3) is 27.3 Å². The van der Waals surface area contributed by atoms with E-state index in [1.54, 1.807) is 30.2 Å². The summed E-state index contributed by atoms with van der Waals surface area (Å²) in [4.78, 5) is 34.3. The zero-order chi connectivity index (χ0) is 29.6. The third-order valence-electron chi connectivity index (χ3n) is 7.13. The van der Waals surface area contributed by atoms with Gasteiger partial charge in [-0.05, 0) is 86.9 Å². The van der Waals surface area contributed by atoms with Crippen molar-refractivity contribution >= 4 is 17.6 Å². The molecule has 2 aliphatic rings. The number of amides is 2. The number of carbonyl (C=O) groups excluding carboxylic acids is 2. The zero-order valence-corrected chi connectivity index (χ0v) is 23.9. The Kier molecular flexibility index (Phi) is 8.83. The topological polar surface area (TPSA) is 131 Å². The van der Waals surface area contributed by atoms with Crippen molar-refractivity contribution < 1.29 is 23.5 Å². The number of methoxy groups -OCH3 is 1. The first-order valence-electron chi connectivity index (χ1n) is 13.5. The van der Waals surface area contributed by atoms with Gasteiger partial charge in [-0.25, -0.2) is 9.78 Å². The number of allylic oxidation sites excluding steroid dienone is 5. The quantitative estimate of drug-likeness (QED) is 0.152. The second-order valence-corrected chi connectivity index (χ2v) is 11.1. The van der Waals surface area contributed by atoms with Crippen LogP contribution in [0, 0.1) is 0 Å². The Bertz CT molecular complexity index is 1440. The molecule has 41 heavy (non-hydrogen) atoms. The molecule has 10 heteroatoms. The van der Waals surface area contributed by atoms with Gasteiger partial charge in [0.2, 0.25) is 11.8 Å². The predicted octanol–water partition coefficient (Wildman–Crippen LogP) is 7.30. The highest BCUT2D eigenvalue weighted by atomic mass is 16.6. The number of azide groups is 1. The van der Waals surface area contributed by atoms with E-state index in [2.05, 4.69) is 16.6 Å². The lowest BCUT2D eigenvalue weighted by molar-refractivity contribution is -0.114. The zero-order valence-electron chi connectivity index (χ0n) is 23.9. The van der Waals surface area contributed by atoms with E-state index in [0.29, 0.717) is 61.9 Å². The first-order valence-corrected chi connectivity index (χ1v) is 13.5. The van der Waals surface area contributed by atoms with Gasteiger partial charge >= 0.3 is 6.09 Å². The molecule has 1 aromatic heterocycles. The number of benzene rings is 1. The van der Waals surface area contributed by atoms with E-state index in [4.69, 9.17) is 24.4 Å². The Morgan fingerprint density at radius 1 is 1.22 bits per heavy atom. The number of carbonyl (C=O) groups is 2. The Morgan fingerprint density at radius 2 is 1.93 bits per heavy atom. The summed E-state index contributed by atoms with van der Waals surface area (Å²) in [5.74, 6) is 1.23. The van der Waals surface area contributed by atoms with Crippen LogP contribution in [0.5, 0.6) is 5.75 Å². The number of likely N-dealkylation sites (tertiary alicyclic amines) is 1. The molecule has 0 spiro atoms. The summed E-state index contributed by atoms with van der Waals surface area (Å²) in [6.07, 6.45) is 10.8. The molecule has 0 atom stereocenters. The molecule has 1 saturated heterocycles. The molecule has 0 bridgehead atoms. The summed E-state index contributed by atoms with van der Waals surface area (Å²) in [5, 5.41) is 3.20. The number of hydrogen-bond donors (Lipinski definition) is 0. The van der Waals surface area contributed by atoms with E-state index in [0.717, 1.165) is 11.1 Å². The molecular weight excluding hydrogens is 522 g/mol. The highest BCUT2D eigenvalue weighted by Gasteiger charge is 2.42. The molecule has 0 unspecified atom stereocenters. The maximum atomic E-state index is 12.7. The van der Waals surface area contributed by atoms with Crippen molar-refractivity contribution in [2.24, 2.45) is 5.11 Å². The van der Waals surface area contributed by atoms with Gasteiger partial charge in [-0.3, -0.25) is 4.79 Å². The maximum absolute atomic E-state index is 12.7. The average molecular weight is 558 g/mol. The van der Waals surface area contributed by atoms with E-state index in [-0.39, 0.29) is 11.7 Å². The molecule has 1 aliphatic heterocycles. The second-order valence-electron chi connectivity index (χ2n) is 11.1. The van der Waals surface area contributed by atoms with Crippen LogP contribution in [0.15, 0.2) is 76.3 Å². The first-order chi connectivity index (χ1) is 19.6. The van der Waals surface area contributed by atoms with Crippen LogP contribution in [0.2, 0.25) is 0 Å². The number of piperidine rings is 1. The van der Waals surface area contributed by atoms with Gasteiger partial charge in [0, 0.05) is 29.1 Å². The molecular formula is C31H35N5O5. The van der Waals surface area contributed by atoms with E-state index in [9.17, 15) is 9.59 Å². The Balaban J connectivity index is 1.74. The van der Waals surface area contributed by atoms with Gasteiger partial charge in [0.1, 0.15) is 17.0 Å². The Hall–Kier alpha value is -4.56. The summed E-state index contributed by atoms with van der Waals surface area (Å²) in [5.41, 5.74) is 10.2. The maximum Gasteiger partial charge on any atom is 0.410 e. The van der Waals surface area contributed by atoms with E-state index in [1.165, 1.54) is 0 Å². The third kappa shape index (κ3) is 6.78. The molecule has 0 radical (unpaired) electrons. The van der Waals surface area contributed by atoms with Crippen molar-refractivity contribution in [2.75, 3.05) is 20.2 Å². The van der Waals surface area contributed by atoms with Gasteiger partial charge < -0.3 is 18.8 Å².